The Morgan fingerprint density at radius 3 is 2.43 bits per heavy atom. The lowest BCUT2D eigenvalue weighted by atomic mass is 9.84. The van der Waals surface area contributed by atoms with Crippen LogP contribution in [0, 0.1) is 0 Å². The molecule has 1 aliphatic rings. The molecule has 1 fully saturated rings. The summed E-state index contributed by atoms with van der Waals surface area (Å²) in [6, 6.07) is 5.06. The van der Waals surface area contributed by atoms with Crippen molar-refractivity contribution in [1.29, 1.82) is 0 Å². The highest BCUT2D eigenvalue weighted by molar-refractivity contribution is 14.0. The summed E-state index contributed by atoms with van der Waals surface area (Å²) in [5.74, 6) is 0.688. The molecule has 0 spiro atoms. The first kappa shape index (κ1) is 25.0. The van der Waals surface area contributed by atoms with E-state index < -0.39 is 27.0 Å². The van der Waals surface area contributed by atoms with Crippen molar-refractivity contribution in [2.75, 3.05) is 24.6 Å². The zero-order valence-electron chi connectivity index (χ0n) is 16.1. The molecule has 0 amide bonds. The van der Waals surface area contributed by atoms with Crippen molar-refractivity contribution in [3.8, 4) is 0 Å². The summed E-state index contributed by atoms with van der Waals surface area (Å²) >= 11 is 0. The number of aliphatic imine (C=N–C) groups is 1. The first-order chi connectivity index (χ1) is 12.4. The summed E-state index contributed by atoms with van der Waals surface area (Å²) in [4.78, 5) is 4.48. The zero-order chi connectivity index (χ0) is 20.3. The van der Waals surface area contributed by atoms with Gasteiger partial charge in [0, 0.05) is 18.0 Å². The van der Waals surface area contributed by atoms with Gasteiger partial charge in [-0.25, -0.2) is 8.42 Å². The lowest BCUT2D eigenvalue weighted by Gasteiger charge is -2.25. The molecule has 160 valence electrons. The second-order valence-electron chi connectivity index (χ2n) is 7.40. The highest BCUT2D eigenvalue weighted by Crippen LogP contribution is 2.32. The van der Waals surface area contributed by atoms with E-state index in [-0.39, 0.29) is 48.1 Å². The van der Waals surface area contributed by atoms with Gasteiger partial charge in [-0.1, -0.05) is 32.0 Å². The highest BCUT2D eigenvalue weighted by atomic mass is 127. The Labute approximate surface area is 181 Å². The second kappa shape index (κ2) is 9.64. The number of benzene rings is 1. The maximum atomic E-state index is 13.0. The third kappa shape index (κ3) is 7.09. The van der Waals surface area contributed by atoms with Crippen LogP contribution >= 0.6 is 24.0 Å². The molecule has 1 unspecified atom stereocenters. The lowest BCUT2D eigenvalue weighted by Crippen LogP contribution is -2.44. The SMILES string of the molecule is CCNC(=NCC(C)(C)c1cccc(C(F)(F)F)c1)NC1CCS(=O)(=O)C1.I. The smallest absolute Gasteiger partial charge is 0.357 e. The van der Waals surface area contributed by atoms with Crippen molar-refractivity contribution in [3.63, 3.8) is 0 Å². The monoisotopic (exact) mass is 533 g/mol. The molecule has 0 saturated carbocycles. The number of halogens is 4. The third-order valence-electron chi connectivity index (χ3n) is 4.52. The molecule has 1 saturated heterocycles. The molecule has 0 radical (unpaired) electrons. The van der Waals surface area contributed by atoms with E-state index in [1.807, 2.05) is 20.8 Å². The summed E-state index contributed by atoms with van der Waals surface area (Å²) in [6.07, 6.45) is -3.87. The van der Waals surface area contributed by atoms with Crippen LogP contribution in [-0.4, -0.2) is 45.0 Å². The standard InChI is InChI=1S/C18H26F3N3O2S.HI/c1-4-22-16(24-15-8-9-27(25,26)11-15)23-12-17(2,3)13-6-5-7-14(10-13)18(19,20)21;/h5-7,10,15H,4,8-9,11-12H2,1-3H3,(H2,22,23,24);1H. The Morgan fingerprint density at radius 1 is 1.25 bits per heavy atom. The average molecular weight is 533 g/mol. The van der Waals surface area contributed by atoms with E-state index in [9.17, 15) is 21.6 Å². The number of hydrogen-bond acceptors (Lipinski definition) is 3. The molecule has 0 bridgehead atoms. The molecule has 1 aromatic rings. The fourth-order valence-corrected chi connectivity index (χ4v) is 4.58. The predicted molar refractivity (Wildman–Crippen MR) is 116 cm³/mol. The number of nitrogens with one attached hydrogen (secondary N) is 2. The van der Waals surface area contributed by atoms with Gasteiger partial charge in [0.15, 0.2) is 15.8 Å². The molecular weight excluding hydrogens is 506 g/mol. The summed E-state index contributed by atoms with van der Waals surface area (Å²) in [7, 11) is -3.01. The predicted octanol–water partition coefficient (Wildman–Crippen LogP) is 3.34. The number of sulfone groups is 1. The van der Waals surface area contributed by atoms with Gasteiger partial charge in [-0.05, 0) is 25.0 Å². The summed E-state index contributed by atoms with van der Waals surface area (Å²) in [5.41, 5.74) is -0.760. The maximum absolute atomic E-state index is 13.0. The van der Waals surface area contributed by atoms with E-state index in [2.05, 4.69) is 15.6 Å². The molecular formula is C18H27F3IN3O2S. The van der Waals surface area contributed by atoms with Gasteiger partial charge in [0.1, 0.15) is 0 Å². The normalized spacial score (nSPS) is 19.8. The quantitative estimate of drug-likeness (QED) is 0.346. The van der Waals surface area contributed by atoms with Crippen LogP contribution in [-0.2, 0) is 21.4 Å². The average Bonchev–Trinajstić information content (AvgIpc) is 2.91. The molecule has 1 aromatic carbocycles. The molecule has 0 aromatic heterocycles. The topological polar surface area (TPSA) is 70.6 Å². The molecule has 28 heavy (non-hydrogen) atoms. The lowest BCUT2D eigenvalue weighted by molar-refractivity contribution is -0.137. The van der Waals surface area contributed by atoms with E-state index in [4.69, 9.17) is 0 Å². The van der Waals surface area contributed by atoms with Crippen LogP contribution in [0.5, 0.6) is 0 Å². The molecule has 2 rings (SSSR count). The van der Waals surface area contributed by atoms with Crippen LogP contribution in [0.4, 0.5) is 13.2 Å². The largest absolute Gasteiger partial charge is 0.416 e. The van der Waals surface area contributed by atoms with Crippen LogP contribution in [0.15, 0.2) is 29.3 Å². The number of nitrogens with zero attached hydrogens (tertiary/aromatic N) is 1. The van der Waals surface area contributed by atoms with Crippen molar-refractivity contribution in [2.45, 2.75) is 44.8 Å². The van der Waals surface area contributed by atoms with E-state index in [1.165, 1.54) is 6.07 Å². The first-order valence-corrected chi connectivity index (χ1v) is 10.7. The van der Waals surface area contributed by atoms with Gasteiger partial charge in [0.05, 0.1) is 23.6 Å². The van der Waals surface area contributed by atoms with Crippen molar-refractivity contribution in [1.82, 2.24) is 10.6 Å². The summed E-state index contributed by atoms with van der Waals surface area (Å²) in [6.45, 7) is 6.39. The van der Waals surface area contributed by atoms with Gasteiger partial charge < -0.3 is 10.6 Å². The van der Waals surface area contributed by atoms with Crippen molar-refractivity contribution >= 4 is 39.8 Å². The van der Waals surface area contributed by atoms with Gasteiger partial charge >= 0.3 is 6.18 Å². The summed E-state index contributed by atoms with van der Waals surface area (Å²) in [5, 5.41) is 6.17. The maximum Gasteiger partial charge on any atom is 0.416 e. The van der Waals surface area contributed by atoms with Gasteiger partial charge in [0.2, 0.25) is 0 Å². The number of guanidine groups is 1. The third-order valence-corrected chi connectivity index (χ3v) is 6.29. The minimum absolute atomic E-state index is 0. The van der Waals surface area contributed by atoms with E-state index in [1.54, 1.807) is 6.07 Å². The number of rotatable bonds is 5. The second-order valence-corrected chi connectivity index (χ2v) is 9.63. The van der Waals surface area contributed by atoms with Gasteiger partial charge in [0.25, 0.3) is 0 Å². The summed E-state index contributed by atoms with van der Waals surface area (Å²) < 4.78 is 62.1. The van der Waals surface area contributed by atoms with Crippen molar-refractivity contribution in [3.05, 3.63) is 35.4 Å². The van der Waals surface area contributed by atoms with E-state index in [0.717, 1.165) is 12.1 Å². The Hall–Kier alpha value is -1.04. The number of hydrogen-bond donors (Lipinski definition) is 2. The van der Waals surface area contributed by atoms with Gasteiger partial charge in [-0.3, -0.25) is 4.99 Å². The van der Waals surface area contributed by atoms with E-state index >= 15 is 0 Å². The van der Waals surface area contributed by atoms with Gasteiger partial charge in [-0.15, -0.1) is 24.0 Å². The Bertz CT molecular complexity index is 796. The molecule has 1 atom stereocenters. The molecule has 1 heterocycles. The fraction of sp³-hybridized carbons (Fsp3) is 0.611. The number of alkyl halides is 3. The molecule has 5 nitrogen and oxygen atoms in total. The Morgan fingerprint density at radius 2 is 1.89 bits per heavy atom. The van der Waals surface area contributed by atoms with Crippen LogP contribution < -0.4 is 10.6 Å². The molecule has 0 aliphatic carbocycles. The zero-order valence-corrected chi connectivity index (χ0v) is 19.3. The molecule has 2 N–H and O–H groups in total. The first-order valence-electron chi connectivity index (χ1n) is 8.86. The molecule has 10 heteroatoms. The van der Waals surface area contributed by atoms with Crippen LogP contribution in [0.3, 0.4) is 0 Å². The van der Waals surface area contributed by atoms with Crippen LogP contribution in [0.2, 0.25) is 0 Å². The minimum atomic E-state index is -4.39. The van der Waals surface area contributed by atoms with Crippen LogP contribution in [0.25, 0.3) is 0 Å². The van der Waals surface area contributed by atoms with Crippen molar-refractivity contribution < 1.29 is 21.6 Å². The Kier molecular flexibility index (Phi) is 8.61. The highest BCUT2D eigenvalue weighted by Gasteiger charge is 2.32. The fourth-order valence-electron chi connectivity index (χ4n) is 2.91. The van der Waals surface area contributed by atoms with Crippen molar-refractivity contribution in [2.24, 2.45) is 4.99 Å². The Balaban J connectivity index is 0.00000392. The van der Waals surface area contributed by atoms with Crippen LogP contribution in [0.1, 0.15) is 38.3 Å². The minimum Gasteiger partial charge on any atom is -0.357 e. The molecule has 1 aliphatic heterocycles. The van der Waals surface area contributed by atoms with Gasteiger partial charge in [-0.2, -0.15) is 13.2 Å². The van der Waals surface area contributed by atoms with E-state index in [0.29, 0.717) is 24.5 Å².